The zero-order valence-corrected chi connectivity index (χ0v) is 8.90. The summed E-state index contributed by atoms with van der Waals surface area (Å²) in [4.78, 5) is 1.24. The first-order valence-corrected chi connectivity index (χ1v) is 5.09. The number of halogens is 3. The van der Waals surface area contributed by atoms with Crippen molar-refractivity contribution < 1.29 is 13.2 Å². The van der Waals surface area contributed by atoms with Crippen LogP contribution in [0.2, 0.25) is 0 Å². The van der Waals surface area contributed by atoms with Gasteiger partial charge in [-0.05, 0) is 6.54 Å². The van der Waals surface area contributed by atoms with Gasteiger partial charge in [0, 0.05) is 0 Å². The Morgan fingerprint density at radius 3 is 2.47 bits per heavy atom. The fraction of sp³-hybridized carbons (Fsp3) is 0.714. The summed E-state index contributed by atoms with van der Waals surface area (Å²) < 4.78 is 36.3. The van der Waals surface area contributed by atoms with E-state index in [1.54, 1.807) is 6.92 Å². The van der Waals surface area contributed by atoms with Crippen LogP contribution in [0, 0.1) is 0 Å². The quantitative estimate of drug-likeness (QED) is 0.866. The topological polar surface area (TPSA) is 55.0 Å². The van der Waals surface area contributed by atoms with Crippen molar-refractivity contribution in [2.75, 3.05) is 18.8 Å². The molecule has 0 spiro atoms. The van der Waals surface area contributed by atoms with Crippen LogP contribution in [0.1, 0.15) is 11.9 Å². The number of anilines is 1. The van der Waals surface area contributed by atoms with E-state index in [0.29, 0.717) is 11.6 Å². The van der Waals surface area contributed by atoms with Gasteiger partial charge in [-0.15, -0.1) is 10.2 Å². The lowest BCUT2D eigenvalue weighted by Crippen LogP contribution is -2.33. The number of rotatable bonds is 4. The number of hydrogen-bond acceptors (Lipinski definition) is 5. The Bertz CT molecular complexity index is 311. The van der Waals surface area contributed by atoms with Gasteiger partial charge in [0.1, 0.15) is 5.01 Å². The zero-order valence-electron chi connectivity index (χ0n) is 8.08. The third-order valence-corrected chi connectivity index (χ3v) is 2.43. The molecule has 8 heteroatoms. The lowest BCUT2D eigenvalue weighted by Gasteiger charge is -2.20. The van der Waals surface area contributed by atoms with E-state index in [1.165, 1.54) is 4.90 Å². The Morgan fingerprint density at radius 1 is 1.40 bits per heavy atom. The van der Waals surface area contributed by atoms with E-state index < -0.39 is 12.7 Å². The van der Waals surface area contributed by atoms with Crippen LogP contribution in [-0.2, 0) is 6.54 Å². The van der Waals surface area contributed by atoms with Crippen LogP contribution in [-0.4, -0.2) is 34.4 Å². The van der Waals surface area contributed by atoms with Gasteiger partial charge < -0.3 is 5.73 Å². The molecule has 1 aromatic heterocycles. The summed E-state index contributed by atoms with van der Waals surface area (Å²) in [5, 5.41) is 7.98. The smallest absolute Gasteiger partial charge is 0.374 e. The molecule has 86 valence electrons. The summed E-state index contributed by atoms with van der Waals surface area (Å²) in [6.07, 6.45) is -4.19. The number of hydrogen-bond donors (Lipinski definition) is 1. The van der Waals surface area contributed by atoms with Gasteiger partial charge in [0.25, 0.3) is 0 Å². The highest BCUT2D eigenvalue weighted by Crippen LogP contribution is 2.19. The molecule has 0 bridgehead atoms. The van der Waals surface area contributed by atoms with Crippen molar-refractivity contribution >= 4 is 16.5 Å². The number of nitrogen functional groups attached to an aromatic ring is 1. The maximum absolute atomic E-state index is 12.1. The molecule has 0 amide bonds. The molecule has 1 heterocycles. The van der Waals surface area contributed by atoms with Crippen molar-refractivity contribution in [1.29, 1.82) is 0 Å². The minimum absolute atomic E-state index is 0.130. The second-order valence-corrected chi connectivity index (χ2v) is 4.05. The van der Waals surface area contributed by atoms with Crippen molar-refractivity contribution in [3.8, 4) is 0 Å². The minimum atomic E-state index is -4.19. The largest absolute Gasteiger partial charge is 0.401 e. The van der Waals surface area contributed by atoms with Gasteiger partial charge in [-0.25, -0.2) is 0 Å². The van der Waals surface area contributed by atoms with Crippen molar-refractivity contribution in [2.45, 2.75) is 19.6 Å². The van der Waals surface area contributed by atoms with Gasteiger partial charge in [-0.3, -0.25) is 4.90 Å². The normalized spacial score (nSPS) is 12.3. The summed E-state index contributed by atoms with van der Waals surface area (Å²) >= 11 is 1.10. The minimum Gasteiger partial charge on any atom is -0.374 e. The molecular weight excluding hydrogens is 229 g/mol. The molecule has 0 aromatic carbocycles. The van der Waals surface area contributed by atoms with Crippen molar-refractivity contribution in [1.82, 2.24) is 15.1 Å². The highest BCUT2D eigenvalue weighted by Gasteiger charge is 2.30. The number of nitrogens with zero attached hydrogens (tertiary/aromatic N) is 3. The molecule has 0 atom stereocenters. The molecule has 0 aliphatic rings. The first-order valence-electron chi connectivity index (χ1n) is 4.27. The first-order chi connectivity index (χ1) is 6.90. The summed E-state index contributed by atoms with van der Waals surface area (Å²) in [7, 11) is 0. The molecular formula is C7H11F3N4S. The van der Waals surface area contributed by atoms with E-state index >= 15 is 0 Å². The average Bonchev–Trinajstić information content (AvgIpc) is 2.47. The first kappa shape index (κ1) is 12.2. The van der Waals surface area contributed by atoms with Crippen LogP contribution in [0.4, 0.5) is 18.3 Å². The third kappa shape index (κ3) is 4.43. The van der Waals surface area contributed by atoms with Gasteiger partial charge in [-0.1, -0.05) is 18.3 Å². The van der Waals surface area contributed by atoms with Crippen LogP contribution in [0.5, 0.6) is 0 Å². The summed E-state index contributed by atoms with van der Waals surface area (Å²) in [6, 6.07) is 0. The monoisotopic (exact) mass is 240 g/mol. The molecule has 4 nitrogen and oxygen atoms in total. The van der Waals surface area contributed by atoms with Crippen molar-refractivity contribution in [3.05, 3.63) is 5.01 Å². The highest BCUT2D eigenvalue weighted by molar-refractivity contribution is 7.15. The molecule has 0 saturated carbocycles. The standard InChI is InChI=1S/C7H11F3N4S/c1-2-14(4-7(8,9)10)3-5-12-13-6(11)15-5/h2-4H2,1H3,(H2,11,13). The van der Waals surface area contributed by atoms with E-state index in [1.807, 2.05) is 0 Å². The van der Waals surface area contributed by atoms with Crippen molar-refractivity contribution in [3.63, 3.8) is 0 Å². The second-order valence-electron chi connectivity index (χ2n) is 2.95. The van der Waals surface area contributed by atoms with Gasteiger partial charge in [-0.2, -0.15) is 13.2 Å². The Kier molecular flexibility index (Phi) is 3.86. The number of aromatic nitrogens is 2. The van der Waals surface area contributed by atoms with Crippen LogP contribution < -0.4 is 5.73 Å². The maximum Gasteiger partial charge on any atom is 0.401 e. The van der Waals surface area contributed by atoms with Gasteiger partial charge in [0.2, 0.25) is 5.13 Å². The van der Waals surface area contributed by atoms with Gasteiger partial charge in [0.05, 0.1) is 13.1 Å². The van der Waals surface area contributed by atoms with Crippen LogP contribution in [0.15, 0.2) is 0 Å². The lowest BCUT2D eigenvalue weighted by molar-refractivity contribution is -0.146. The van der Waals surface area contributed by atoms with Gasteiger partial charge >= 0.3 is 6.18 Å². The van der Waals surface area contributed by atoms with Crippen LogP contribution in [0.3, 0.4) is 0 Å². The summed E-state index contributed by atoms with van der Waals surface area (Å²) in [6.45, 7) is 1.16. The SMILES string of the molecule is CCN(Cc1nnc(N)s1)CC(F)(F)F. The fourth-order valence-electron chi connectivity index (χ4n) is 1.05. The van der Waals surface area contributed by atoms with Crippen LogP contribution >= 0.6 is 11.3 Å². The molecule has 1 rings (SSSR count). The Morgan fingerprint density at radius 2 is 2.07 bits per heavy atom. The molecule has 1 aromatic rings. The van der Waals surface area contributed by atoms with E-state index in [4.69, 9.17) is 5.73 Å². The van der Waals surface area contributed by atoms with E-state index in [9.17, 15) is 13.2 Å². The molecule has 2 N–H and O–H groups in total. The van der Waals surface area contributed by atoms with E-state index in [2.05, 4.69) is 10.2 Å². The molecule has 15 heavy (non-hydrogen) atoms. The fourth-order valence-corrected chi connectivity index (χ4v) is 1.71. The maximum atomic E-state index is 12.1. The van der Waals surface area contributed by atoms with E-state index in [-0.39, 0.29) is 11.7 Å². The van der Waals surface area contributed by atoms with Crippen molar-refractivity contribution in [2.24, 2.45) is 0 Å². The molecule has 0 aliphatic carbocycles. The lowest BCUT2D eigenvalue weighted by atomic mass is 10.4. The molecule has 0 saturated heterocycles. The molecule has 0 fully saturated rings. The van der Waals surface area contributed by atoms with Gasteiger partial charge in [0.15, 0.2) is 0 Å². The summed E-state index contributed by atoms with van der Waals surface area (Å²) in [5.74, 6) is 0. The number of alkyl halides is 3. The predicted molar refractivity (Wildman–Crippen MR) is 51.3 cm³/mol. The summed E-state index contributed by atoms with van der Waals surface area (Å²) in [5.41, 5.74) is 5.33. The van der Waals surface area contributed by atoms with Crippen LogP contribution in [0.25, 0.3) is 0 Å². The second kappa shape index (κ2) is 4.75. The average molecular weight is 240 g/mol. The van der Waals surface area contributed by atoms with E-state index in [0.717, 1.165) is 11.3 Å². The molecule has 0 aliphatic heterocycles. The highest BCUT2D eigenvalue weighted by atomic mass is 32.1. The number of nitrogens with two attached hydrogens (primary N) is 1. The molecule has 0 radical (unpaired) electrons. The zero-order chi connectivity index (χ0) is 11.5. The molecule has 0 unspecified atom stereocenters. The third-order valence-electron chi connectivity index (χ3n) is 1.69. The Hall–Kier alpha value is -0.890. The predicted octanol–water partition coefficient (Wildman–Crippen LogP) is 1.50. The Labute approximate surface area is 88.9 Å². The Balaban J connectivity index is 2.54.